The predicted molar refractivity (Wildman–Crippen MR) is 68.7 cm³/mol. The highest BCUT2D eigenvalue weighted by Crippen LogP contribution is 2.20. The Kier molecular flexibility index (Phi) is 3.46. The van der Waals surface area contributed by atoms with E-state index in [2.05, 4.69) is 5.10 Å². The number of hydrogen-bond acceptors (Lipinski definition) is 3. The van der Waals surface area contributed by atoms with Gasteiger partial charge in [-0.05, 0) is 43.7 Å². The summed E-state index contributed by atoms with van der Waals surface area (Å²) in [5, 5.41) is 4.24. The SMILES string of the molecule is CC(=O)c1ccc(OCc2ccn(C)n2)c(C)c1. The average molecular weight is 244 g/mol. The first-order chi connectivity index (χ1) is 8.56. The molecule has 0 fully saturated rings. The Hall–Kier alpha value is -2.10. The molecular weight excluding hydrogens is 228 g/mol. The molecule has 0 saturated carbocycles. The molecule has 1 aromatic carbocycles. The van der Waals surface area contributed by atoms with Crippen molar-refractivity contribution >= 4 is 5.78 Å². The van der Waals surface area contributed by atoms with Crippen LogP contribution in [0.5, 0.6) is 5.75 Å². The highest BCUT2D eigenvalue weighted by atomic mass is 16.5. The van der Waals surface area contributed by atoms with Crippen LogP contribution in [0.4, 0.5) is 0 Å². The van der Waals surface area contributed by atoms with Crippen LogP contribution < -0.4 is 4.74 Å². The van der Waals surface area contributed by atoms with Crippen molar-refractivity contribution in [1.29, 1.82) is 0 Å². The molecule has 4 nitrogen and oxygen atoms in total. The number of benzene rings is 1. The fourth-order valence-electron chi connectivity index (χ4n) is 1.72. The fraction of sp³-hybridized carbons (Fsp3) is 0.286. The molecule has 0 aliphatic carbocycles. The highest BCUT2D eigenvalue weighted by Gasteiger charge is 2.05. The van der Waals surface area contributed by atoms with E-state index in [0.29, 0.717) is 12.2 Å². The van der Waals surface area contributed by atoms with Gasteiger partial charge in [0.2, 0.25) is 0 Å². The van der Waals surface area contributed by atoms with E-state index >= 15 is 0 Å². The predicted octanol–water partition coefficient (Wildman–Crippen LogP) is 2.51. The van der Waals surface area contributed by atoms with Gasteiger partial charge in [0, 0.05) is 18.8 Å². The van der Waals surface area contributed by atoms with E-state index in [4.69, 9.17) is 4.74 Å². The van der Waals surface area contributed by atoms with Gasteiger partial charge in [0.05, 0.1) is 5.69 Å². The number of carbonyl (C=O) groups is 1. The van der Waals surface area contributed by atoms with E-state index in [-0.39, 0.29) is 5.78 Å². The van der Waals surface area contributed by atoms with Gasteiger partial charge in [-0.3, -0.25) is 9.48 Å². The average Bonchev–Trinajstić information content (AvgIpc) is 2.73. The number of hydrogen-bond donors (Lipinski definition) is 0. The first-order valence-corrected chi connectivity index (χ1v) is 5.79. The molecule has 0 atom stereocenters. The highest BCUT2D eigenvalue weighted by molar-refractivity contribution is 5.94. The van der Waals surface area contributed by atoms with Crippen LogP contribution >= 0.6 is 0 Å². The van der Waals surface area contributed by atoms with E-state index in [0.717, 1.165) is 17.0 Å². The van der Waals surface area contributed by atoms with E-state index < -0.39 is 0 Å². The molecule has 0 spiro atoms. The summed E-state index contributed by atoms with van der Waals surface area (Å²) in [5.74, 6) is 0.847. The summed E-state index contributed by atoms with van der Waals surface area (Å²) < 4.78 is 7.42. The van der Waals surface area contributed by atoms with Crippen LogP contribution in [0.2, 0.25) is 0 Å². The summed E-state index contributed by atoms with van der Waals surface area (Å²) in [5.41, 5.74) is 2.55. The van der Waals surface area contributed by atoms with Crippen molar-refractivity contribution in [1.82, 2.24) is 9.78 Å². The van der Waals surface area contributed by atoms with Gasteiger partial charge in [-0.25, -0.2) is 0 Å². The molecule has 0 aliphatic heterocycles. The number of ether oxygens (including phenoxy) is 1. The Bertz CT molecular complexity index is 573. The van der Waals surface area contributed by atoms with Crippen molar-refractivity contribution in [2.75, 3.05) is 0 Å². The van der Waals surface area contributed by atoms with Crippen molar-refractivity contribution in [3.8, 4) is 5.75 Å². The number of Topliss-reactive ketones (excluding diaryl/α,β-unsaturated/α-hetero) is 1. The lowest BCUT2D eigenvalue weighted by Gasteiger charge is -2.08. The lowest BCUT2D eigenvalue weighted by Crippen LogP contribution is -2.00. The van der Waals surface area contributed by atoms with E-state index in [1.807, 2.05) is 38.4 Å². The van der Waals surface area contributed by atoms with Crippen molar-refractivity contribution in [3.05, 3.63) is 47.3 Å². The van der Waals surface area contributed by atoms with E-state index in [1.165, 1.54) is 0 Å². The van der Waals surface area contributed by atoms with Gasteiger partial charge in [-0.2, -0.15) is 5.10 Å². The van der Waals surface area contributed by atoms with Crippen molar-refractivity contribution in [2.24, 2.45) is 7.05 Å². The van der Waals surface area contributed by atoms with Crippen LogP contribution in [0.15, 0.2) is 30.5 Å². The maximum Gasteiger partial charge on any atom is 0.159 e. The molecule has 0 aliphatic rings. The van der Waals surface area contributed by atoms with Crippen molar-refractivity contribution in [2.45, 2.75) is 20.5 Å². The topological polar surface area (TPSA) is 44.1 Å². The third-order valence-corrected chi connectivity index (χ3v) is 2.73. The maximum atomic E-state index is 11.2. The summed E-state index contributed by atoms with van der Waals surface area (Å²) in [4.78, 5) is 11.2. The molecule has 0 radical (unpaired) electrons. The number of carbonyl (C=O) groups excluding carboxylic acids is 1. The Balaban J connectivity index is 2.08. The van der Waals surface area contributed by atoms with Crippen LogP contribution in [-0.4, -0.2) is 15.6 Å². The molecule has 0 saturated heterocycles. The molecule has 1 heterocycles. The molecular formula is C14H16N2O2. The molecule has 0 bridgehead atoms. The van der Waals surface area contributed by atoms with Crippen LogP contribution in [-0.2, 0) is 13.7 Å². The van der Waals surface area contributed by atoms with Gasteiger partial charge >= 0.3 is 0 Å². The minimum absolute atomic E-state index is 0.0642. The summed E-state index contributed by atoms with van der Waals surface area (Å²) in [6.07, 6.45) is 1.88. The Morgan fingerprint density at radius 1 is 1.39 bits per heavy atom. The summed E-state index contributed by atoms with van der Waals surface area (Å²) in [6, 6.07) is 7.37. The first-order valence-electron chi connectivity index (χ1n) is 5.79. The zero-order chi connectivity index (χ0) is 13.1. The van der Waals surface area contributed by atoms with Crippen LogP contribution in [0.1, 0.15) is 28.5 Å². The van der Waals surface area contributed by atoms with Crippen LogP contribution in [0, 0.1) is 6.92 Å². The normalized spacial score (nSPS) is 10.4. The lowest BCUT2D eigenvalue weighted by molar-refractivity contribution is 0.101. The number of nitrogens with zero attached hydrogens (tertiary/aromatic N) is 2. The van der Waals surface area contributed by atoms with Gasteiger partial charge in [0.25, 0.3) is 0 Å². The minimum atomic E-state index is 0.0642. The third kappa shape index (κ3) is 2.77. The lowest BCUT2D eigenvalue weighted by atomic mass is 10.1. The molecule has 1 aromatic heterocycles. The van der Waals surface area contributed by atoms with Gasteiger partial charge in [0.1, 0.15) is 12.4 Å². The summed E-state index contributed by atoms with van der Waals surface area (Å²) in [7, 11) is 1.87. The van der Waals surface area contributed by atoms with Gasteiger partial charge in [-0.15, -0.1) is 0 Å². The zero-order valence-electron chi connectivity index (χ0n) is 10.8. The maximum absolute atomic E-state index is 11.2. The number of aromatic nitrogens is 2. The Labute approximate surface area is 106 Å². The largest absolute Gasteiger partial charge is 0.487 e. The third-order valence-electron chi connectivity index (χ3n) is 2.73. The quantitative estimate of drug-likeness (QED) is 0.776. The number of ketones is 1. The molecule has 94 valence electrons. The molecule has 0 N–H and O–H groups in total. The minimum Gasteiger partial charge on any atom is -0.487 e. The second-order valence-corrected chi connectivity index (χ2v) is 4.31. The summed E-state index contributed by atoms with van der Waals surface area (Å²) in [6.45, 7) is 3.92. The van der Waals surface area contributed by atoms with Crippen LogP contribution in [0.3, 0.4) is 0 Å². The molecule has 2 rings (SSSR count). The van der Waals surface area contributed by atoms with Crippen LogP contribution in [0.25, 0.3) is 0 Å². The van der Waals surface area contributed by atoms with Crippen molar-refractivity contribution in [3.63, 3.8) is 0 Å². The summed E-state index contributed by atoms with van der Waals surface area (Å²) >= 11 is 0. The molecule has 0 unspecified atom stereocenters. The molecule has 2 aromatic rings. The zero-order valence-corrected chi connectivity index (χ0v) is 10.8. The Morgan fingerprint density at radius 3 is 2.72 bits per heavy atom. The second-order valence-electron chi connectivity index (χ2n) is 4.31. The molecule has 0 amide bonds. The monoisotopic (exact) mass is 244 g/mol. The molecule has 4 heteroatoms. The number of rotatable bonds is 4. The van der Waals surface area contributed by atoms with Gasteiger partial charge < -0.3 is 4.74 Å². The standard InChI is InChI=1S/C14H16N2O2/c1-10-8-12(11(2)17)4-5-14(10)18-9-13-6-7-16(3)15-13/h4-8H,9H2,1-3H3. The van der Waals surface area contributed by atoms with E-state index in [1.54, 1.807) is 17.7 Å². The van der Waals surface area contributed by atoms with Gasteiger partial charge in [0.15, 0.2) is 5.78 Å². The molecule has 18 heavy (non-hydrogen) atoms. The van der Waals surface area contributed by atoms with E-state index in [9.17, 15) is 4.79 Å². The Morgan fingerprint density at radius 2 is 2.17 bits per heavy atom. The van der Waals surface area contributed by atoms with Gasteiger partial charge in [-0.1, -0.05) is 0 Å². The first kappa shape index (κ1) is 12.4. The van der Waals surface area contributed by atoms with Crippen molar-refractivity contribution < 1.29 is 9.53 Å². The second kappa shape index (κ2) is 5.04. The number of aryl methyl sites for hydroxylation is 2. The smallest absolute Gasteiger partial charge is 0.159 e. The fourth-order valence-corrected chi connectivity index (χ4v) is 1.72.